The van der Waals surface area contributed by atoms with Crippen molar-refractivity contribution in [1.82, 2.24) is 0 Å². The number of carbonyl (C=O) groups is 1. The molecule has 1 unspecified atom stereocenters. The lowest BCUT2D eigenvalue weighted by molar-refractivity contribution is -0.137. The lowest BCUT2D eigenvalue weighted by atomic mass is 9.97. The summed E-state index contributed by atoms with van der Waals surface area (Å²) in [6, 6.07) is 13.9. The first kappa shape index (κ1) is 25.6. The van der Waals surface area contributed by atoms with E-state index in [9.17, 15) is 22.8 Å². The summed E-state index contributed by atoms with van der Waals surface area (Å²) in [7, 11) is 0. The number of unbranched alkanes of at least 4 members (excludes halogenated alkanes) is 1. The van der Waals surface area contributed by atoms with Gasteiger partial charge in [0.2, 0.25) is 5.76 Å². The Morgan fingerprint density at radius 2 is 1.68 bits per heavy atom. The van der Waals surface area contributed by atoms with Gasteiger partial charge in [0.1, 0.15) is 11.3 Å². The average molecular weight is 522 g/mol. The molecule has 0 spiro atoms. The van der Waals surface area contributed by atoms with Crippen LogP contribution < -0.4 is 15.1 Å². The minimum atomic E-state index is -4.60. The highest BCUT2D eigenvalue weighted by molar-refractivity contribution is 6.10. The zero-order valence-electron chi connectivity index (χ0n) is 21.2. The van der Waals surface area contributed by atoms with Crippen LogP contribution in [-0.2, 0) is 6.18 Å². The predicted molar refractivity (Wildman–Crippen MR) is 139 cm³/mol. The number of nitrogens with zero attached hydrogens (tertiary/aromatic N) is 1. The number of carbonyl (C=O) groups excluding carboxylic acids is 1. The van der Waals surface area contributed by atoms with E-state index in [1.807, 2.05) is 13.8 Å². The van der Waals surface area contributed by atoms with E-state index >= 15 is 0 Å². The third-order valence-corrected chi connectivity index (χ3v) is 6.90. The second kappa shape index (κ2) is 9.67. The zero-order valence-corrected chi connectivity index (χ0v) is 21.2. The number of hydrogen-bond acceptors (Lipinski definition) is 4. The van der Waals surface area contributed by atoms with Crippen LogP contribution in [0.2, 0.25) is 0 Å². The number of ether oxygens (including phenoxy) is 1. The lowest BCUT2D eigenvalue weighted by Crippen LogP contribution is -2.29. The Hall–Kier alpha value is -4.07. The van der Waals surface area contributed by atoms with Crippen molar-refractivity contribution >= 4 is 22.6 Å². The maximum absolute atomic E-state index is 13.8. The van der Waals surface area contributed by atoms with Crippen molar-refractivity contribution in [2.24, 2.45) is 0 Å². The van der Waals surface area contributed by atoms with Crippen molar-refractivity contribution in [3.63, 3.8) is 0 Å². The molecular weight excluding hydrogens is 495 g/mol. The van der Waals surface area contributed by atoms with E-state index in [-0.39, 0.29) is 28.0 Å². The van der Waals surface area contributed by atoms with Crippen LogP contribution in [-0.4, -0.2) is 12.5 Å². The SMILES string of the molecule is CCCCOc1ccc(C2c3c(oc4cc(C)c(C)cc4c3=O)C(=O)N2c2cccc(C(F)(F)F)c2)cc1. The monoisotopic (exact) mass is 521 g/mol. The van der Waals surface area contributed by atoms with E-state index in [2.05, 4.69) is 6.92 Å². The Bertz CT molecular complexity index is 1590. The molecular formula is C30H26F3NO4. The normalized spacial score (nSPS) is 15.3. The molecule has 0 saturated heterocycles. The highest BCUT2D eigenvalue weighted by atomic mass is 19.4. The van der Waals surface area contributed by atoms with Crippen molar-refractivity contribution in [3.05, 3.63) is 104 Å². The molecule has 38 heavy (non-hydrogen) atoms. The number of hydrogen-bond donors (Lipinski definition) is 0. The van der Waals surface area contributed by atoms with Gasteiger partial charge in [0, 0.05) is 5.69 Å². The van der Waals surface area contributed by atoms with E-state index in [0.717, 1.165) is 36.1 Å². The Morgan fingerprint density at radius 3 is 2.37 bits per heavy atom. The van der Waals surface area contributed by atoms with Gasteiger partial charge < -0.3 is 9.15 Å². The van der Waals surface area contributed by atoms with Crippen molar-refractivity contribution < 1.29 is 27.1 Å². The van der Waals surface area contributed by atoms with Crippen LogP contribution in [0.3, 0.4) is 0 Å². The van der Waals surface area contributed by atoms with Crippen LogP contribution in [0.1, 0.15) is 64.2 Å². The van der Waals surface area contributed by atoms with Gasteiger partial charge in [0.15, 0.2) is 5.43 Å². The Labute approximate surface area is 217 Å². The molecule has 3 aromatic carbocycles. The number of anilines is 1. The number of fused-ring (bicyclic) bond motifs is 2. The minimum Gasteiger partial charge on any atom is -0.494 e. The van der Waals surface area contributed by atoms with Crippen molar-refractivity contribution in [3.8, 4) is 5.75 Å². The Kier molecular flexibility index (Phi) is 6.51. The number of alkyl halides is 3. The molecule has 0 bridgehead atoms. The molecule has 4 aromatic rings. The number of halogens is 3. The standard InChI is InChI=1S/C30H26F3NO4/c1-4-5-13-37-22-11-9-19(10-12-22)26-25-27(35)23-14-17(2)18(3)15-24(23)38-28(25)29(36)34(26)21-8-6-7-20(16-21)30(31,32)33/h6-12,14-16,26H,4-5,13H2,1-3H3. The molecule has 8 heteroatoms. The van der Waals surface area contributed by atoms with Crippen LogP contribution >= 0.6 is 0 Å². The molecule has 0 aliphatic carbocycles. The van der Waals surface area contributed by atoms with E-state index < -0.39 is 23.7 Å². The molecule has 1 aliphatic heterocycles. The quantitative estimate of drug-likeness (QED) is 0.249. The molecule has 0 radical (unpaired) electrons. The molecule has 2 heterocycles. The number of benzene rings is 3. The number of amides is 1. The highest BCUT2D eigenvalue weighted by Gasteiger charge is 2.44. The molecule has 5 rings (SSSR count). The first-order valence-corrected chi connectivity index (χ1v) is 12.4. The second-order valence-electron chi connectivity index (χ2n) is 9.50. The van der Waals surface area contributed by atoms with Gasteiger partial charge in [-0.3, -0.25) is 14.5 Å². The van der Waals surface area contributed by atoms with E-state index in [1.54, 1.807) is 36.4 Å². The van der Waals surface area contributed by atoms with Crippen molar-refractivity contribution in [2.75, 3.05) is 11.5 Å². The van der Waals surface area contributed by atoms with Crippen LogP contribution in [0.15, 0.2) is 69.9 Å². The van der Waals surface area contributed by atoms with Crippen LogP contribution in [0, 0.1) is 13.8 Å². The summed E-state index contributed by atoms with van der Waals surface area (Å²) in [6.45, 7) is 6.34. The van der Waals surface area contributed by atoms with E-state index in [0.29, 0.717) is 23.3 Å². The predicted octanol–water partition coefficient (Wildman–Crippen LogP) is 7.36. The molecule has 1 aliphatic rings. The molecule has 0 saturated carbocycles. The van der Waals surface area contributed by atoms with Crippen LogP contribution in [0.25, 0.3) is 11.0 Å². The topological polar surface area (TPSA) is 59.8 Å². The lowest BCUT2D eigenvalue weighted by Gasteiger charge is -2.26. The van der Waals surface area contributed by atoms with Crippen molar-refractivity contribution in [1.29, 1.82) is 0 Å². The molecule has 196 valence electrons. The largest absolute Gasteiger partial charge is 0.494 e. The van der Waals surface area contributed by atoms with Gasteiger partial charge in [-0.2, -0.15) is 13.2 Å². The molecule has 1 amide bonds. The van der Waals surface area contributed by atoms with Gasteiger partial charge in [-0.1, -0.05) is 31.5 Å². The molecule has 0 N–H and O–H groups in total. The summed E-state index contributed by atoms with van der Waals surface area (Å²) in [5.74, 6) is -0.227. The van der Waals surface area contributed by atoms with Crippen LogP contribution in [0.5, 0.6) is 5.75 Å². The van der Waals surface area contributed by atoms with Crippen LogP contribution in [0.4, 0.5) is 18.9 Å². The molecule has 1 aromatic heterocycles. The maximum atomic E-state index is 13.8. The fraction of sp³-hybridized carbons (Fsp3) is 0.267. The fourth-order valence-electron chi connectivity index (χ4n) is 4.72. The van der Waals surface area contributed by atoms with Crippen molar-refractivity contribution in [2.45, 2.75) is 45.8 Å². The summed E-state index contributed by atoms with van der Waals surface area (Å²) in [5.41, 5.74) is 1.41. The third-order valence-electron chi connectivity index (χ3n) is 6.90. The van der Waals surface area contributed by atoms with Gasteiger partial charge in [0.25, 0.3) is 5.91 Å². The second-order valence-corrected chi connectivity index (χ2v) is 9.50. The summed E-state index contributed by atoms with van der Waals surface area (Å²) in [4.78, 5) is 28.7. The first-order chi connectivity index (χ1) is 18.1. The van der Waals surface area contributed by atoms with Gasteiger partial charge in [-0.25, -0.2) is 0 Å². The minimum absolute atomic E-state index is 0.0142. The molecule has 5 nitrogen and oxygen atoms in total. The summed E-state index contributed by atoms with van der Waals surface area (Å²) in [5, 5.41) is 0.315. The Morgan fingerprint density at radius 1 is 0.974 bits per heavy atom. The molecule has 1 atom stereocenters. The molecule has 0 fully saturated rings. The van der Waals surface area contributed by atoms with E-state index in [1.165, 1.54) is 17.0 Å². The maximum Gasteiger partial charge on any atom is 0.416 e. The summed E-state index contributed by atoms with van der Waals surface area (Å²) < 4.78 is 52.4. The fourth-order valence-corrected chi connectivity index (χ4v) is 4.72. The summed E-state index contributed by atoms with van der Waals surface area (Å²) >= 11 is 0. The summed E-state index contributed by atoms with van der Waals surface area (Å²) in [6.07, 6.45) is -2.73. The first-order valence-electron chi connectivity index (χ1n) is 12.4. The van der Waals surface area contributed by atoms with Gasteiger partial charge in [-0.15, -0.1) is 0 Å². The zero-order chi connectivity index (χ0) is 27.2. The Balaban J connectivity index is 1.70. The average Bonchev–Trinajstić information content (AvgIpc) is 3.18. The third kappa shape index (κ3) is 4.44. The van der Waals surface area contributed by atoms with Gasteiger partial charge >= 0.3 is 6.18 Å². The number of rotatable bonds is 6. The highest BCUT2D eigenvalue weighted by Crippen LogP contribution is 2.43. The number of aryl methyl sites for hydroxylation is 2. The van der Waals surface area contributed by atoms with Gasteiger partial charge in [-0.05, 0) is 79.4 Å². The smallest absolute Gasteiger partial charge is 0.416 e. The van der Waals surface area contributed by atoms with E-state index in [4.69, 9.17) is 9.15 Å². The van der Waals surface area contributed by atoms with Gasteiger partial charge in [0.05, 0.1) is 29.2 Å².